The Morgan fingerprint density at radius 1 is 1.34 bits per heavy atom. The van der Waals surface area contributed by atoms with Crippen LogP contribution in [0.2, 0.25) is 0 Å². The molecule has 3 aromatic heterocycles. The molecule has 150 valence electrons. The number of nitriles is 1. The van der Waals surface area contributed by atoms with Crippen molar-refractivity contribution in [1.29, 1.82) is 5.26 Å². The zero-order valence-corrected chi connectivity index (χ0v) is 17.3. The van der Waals surface area contributed by atoms with E-state index in [2.05, 4.69) is 16.4 Å². The topological polar surface area (TPSA) is 110 Å². The summed E-state index contributed by atoms with van der Waals surface area (Å²) in [5.41, 5.74) is 2.54. The summed E-state index contributed by atoms with van der Waals surface area (Å²) in [4.78, 5) is 29.2. The average molecular weight is 412 g/mol. The van der Waals surface area contributed by atoms with E-state index in [1.54, 1.807) is 30.7 Å². The standard InChI is InChI=1S/C20H20N4O4S/c1-11-13(3)24(9-15-6-5-7-27-15)19(16(11)8-21)23-17(25)10-28-20(26)18-12(2)22-14(4)29-18/h5-7H,9-10H2,1-4H3,(H,23,25). The van der Waals surface area contributed by atoms with Gasteiger partial charge in [0.1, 0.15) is 22.5 Å². The Kier molecular flexibility index (Phi) is 5.84. The first-order valence-electron chi connectivity index (χ1n) is 8.85. The number of nitrogens with zero attached hydrogens (tertiary/aromatic N) is 3. The summed E-state index contributed by atoms with van der Waals surface area (Å²) in [5, 5.41) is 13.0. The maximum absolute atomic E-state index is 12.4. The summed E-state index contributed by atoms with van der Waals surface area (Å²) < 4.78 is 12.3. The molecule has 0 saturated heterocycles. The van der Waals surface area contributed by atoms with E-state index in [-0.39, 0.29) is 0 Å². The second-order valence-corrected chi connectivity index (χ2v) is 7.69. The Balaban J connectivity index is 1.75. The molecule has 0 bridgehead atoms. The molecule has 3 heterocycles. The number of anilines is 1. The number of carbonyl (C=O) groups excluding carboxylic acids is 2. The lowest BCUT2D eigenvalue weighted by atomic mass is 10.2. The lowest BCUT2D eigenvalue weighted by Crippen LogP contribution is -2.23. The molecule has 0 saturated carbocycles. The van der Waals surface area contributed by atoms with Crippen LogP contribution in [0.25, 0.3) is 0 Å². The van der Waals surface area contributed by atoms with Crippen molar-refractivity contribution in [2.24, 2.45) is 0 Å². The third kappa shape index (κ3) is 4.22. The highest BCUT2D eigenvalue weighted by molar-refractivity contribution is 7.13. The minimum absolute atomic E-state index is 0.352. The highest BCUT2D eigenvalue weighted by Gasteiger charge is 2.22. The SMILES string of the molecule is Cc1nc(C)c(C(=O)OCC(=O)Nc2c(C#N)c(C)c(C)n2Cc2ccco2)s1. The molecule has 0 atom stereocenters. The Labute approximate surface area is 171 Å². The van der Waals surface area contributed by atoms with E-state index in [1.165, 1.54) is 11.3 Å². The summed E-state index contributed by atoms with van der Waals surface area (Å²) in [7, 11) is 0. The van der Waals surface area contributed by atoms with Crippen molar-refractivity contribution < 1.29 is 18.7 Å². The van der Waals surface area contributed by atoms with Gasteiger partial charge < -0.3 is 19.0 Å². The van der Waals surface area contributed by atoms with Crippen LogP contribution in [0.1, 0.15) is 43.0 Å². The van der Waals surface area contributed by atoms with Gasteiger partial charge >= 0.3 is 5.97 Å². The first-order chi connectivity index (χ1) is 13.8. The van der Waals surface area contributed by atoms with Crippen LogP contribution >= 0.6 is 11.3 Å². The smallest absolute Gasteiger partial charge is 0.350 e. The molecule has 0 aliphatic heterocycles. The van der Waals surface area contributed by atoms with Crippen LogP contribution in [-0.4, -0.2) is 28.0 Å². The van der Waals surface area contributed by atoms with Gasteiger partial charge in [0.15, 0.2) is 6.61 Å². The molecule has 0 fully saturated rings. The third-order valence-corrected chi connectivity index (χ3v) is 5.57. The van der Waals surface area contributed by atoms with E-state index in [1.807, 2.05) is 19.9 Å². The lowest BCUT2D eigenvalue weighted by Gasteiger charge is -2.12. The van der Waals surface area contributed by atoms with Gasteiger partial charge in [0, 0.05) is 5.69 Å². The quantitative estimate of drug-likeness (QED) is 0.621. The molecule has 0 radical (unpaired) electrons. The van der Waals surface area contributed by atoms with Gasteiger partial charge in [0.2, 0.25) is 0 Å². The number of furan rings is 1. The predicted molar refractivity (Wildman–Crippen MR) is 107 cm³/mol. The number of rotatable bonds is 6. The van der Waals surface area contributed by atoms with Crippen LogP contribution in [0.4, 0.5) is 5.82 Å². The van der Waals surface area contributed by atoms with Gasteiger partial charge in [-0.05, 0) is 45.4 Å². The predicted octanol–water partition coefficient (Wildman–Crippen LogP) is 3.49. The number of hydrogen-bond donors (Lipinski definition) is 1. The first kappa shape index (κ1) is 20.4. The molecule has 8 nitrogen and oxygen atoms in total. The molecular weight excluding hydrogens is 392 g/mol. The highest BCUT2D eigenvalue weighted by Crippen LogP contribution is 2.27. The van der Waals surface area contributed by atoms with Gasteiger partial charge in [0.05, 0.1) is 29.1 Å². The molecule has 0 spiro atoms. The van der Waals surface area contributed by atoms with Crippen molar-refractivity contribution in [2.75, 3.05) is 11.9 Å². The maximum atomic E-state index is 12.4. The van der Waals surface area contributed by atoms with E-state index in [4.69, 9.17) is 9.15 Å². The van der Waals surface area contributed by atoms with Gasteiger partial charge in [-0.15, -0.1) is 11.3 Å². The van der Waals surface area contributed by atoms with Crippen molar-refractivity contribution >= 4 is 29.0 Å². The molecule has 29 heavy (non-hydrogen) atoms. The van der Waals surface area contributed by atoms with Gasteiger partial charge in [-0.2, -0.15) is 5.26 Å². The maximum Gasteiger partial charge on any atom is 0.350 e. The second-order valence-electron chi connectivity index (χ2n) is 6.48. The number of aryl methyl sites for hydroxylation is 2. The molecule has 9 heteroatoms. The largest absolute Gasteiger partial charge is 0.467 e. The fraction of sp³-hybridized carbons (Fsp3) is 0.300. The van der Waals surface area contributed by atoms with Crippen LogP contribution in [-0.2, 0) is 16.1 Å². The number of carbonyl (C=O) groups is 2. The average Bonchev–Trinajstić information content (AvgIpc) is 3.36. The normalized spacial score (nSPS) is 10.6. The molecule has 0 unspecified atom stereocenters. The number of nitrogens with one attached hydrogen (secondary N) is 1. The van der Waals surface area contributed by atoms with Gasteiger partial charge in [-0.1, -0.05) is 0 Å². The van der Waals surface area contributed by atoms with E-state index < -0.39 is 18.5 Å². The number of thiazole rings is 1. The number of aromatic nitrogens is 2. The number of hydrogen-bond acceptors (Lipinski definition) is 7. The van der Waals surface area contributed by atoms with Crippen molar-refractivity contribution in [3.05, 3.63) is 56.6 Å². The van der Waals surface area contributed by atoms with E-state index >= 15 is 0 Å². The van der Waals surface area contributed by atoms with E-state index in [0.29, 0.717) is 34.3 Å². The highest BCUT2D eigenvalue weighted by atomic mass is 32.1. The number of ether oxygens (including phenoxy) is 1. The Bertz CT molecular complexity index is 1100. The second kappa shape index (κ2) is 8.32. The molecule has 0 aliphatic rings. The number of amides is 1. The van der Waals surface area contributed by atoms with Crippen molar-refractivity contribution in [2.45, 2.75) is 34.2 Å². The van der Waals surface area contributed by atoms with Crippen LogP contribution in [0, 0.1) is 39.0 Å². The van der Waals surface area contributed by atoms with Gasteiger partial charge in [-0.3, -0.25) is 4.79 Å². The van der Waals surface area contributed by atoms with Gasteiger partial charge in [0.25, 0.3) is 5.91 Å². The van der Waals surface area contributed by atoms with E-state index in [9.17, 15) is 14.9 Å². The van der Waals surface area contributed by atoms with E-state index in [0.717, 1.165) is 16.3 Å². The minimum Gasteiger partial charge on any atom is -0.467 e. The molecule has 1 amide bonds. The Morgan fingerprint density at radius 2 is 2.10 bits per heavy atom. The molecule has 0 aromatic carbocycles. The summed E-state index contributed by atoms with van der Waals surface area (Å²) >= 11 is 1.22. The summed E-state index contributed by atoms with van der Waals surface area (Å²) in [6.07, 6.45) is 1.56. The first-order valence-corrected chi connectivity index (χ1v) is 9.66. The van der Waals surface area contributed by atoms with Crippen LogP contribution in [0.5, 0.6) is 0 Å². The molecule has 3 rings (SSSR count). The van der Waals surface area contributed by atoms with Crippen LogP contribution < -0.4 is 5.32 Å². The van der Waals surface area contributed by atoms with Gasteiger partial charge in [-0.25, -0.2) is 9.78 Å². The molecular formula is C20H20N4O4S. The third-order valence-electron chi connectivity index (χ3n) is 4.52. The summed E-state index contributed by atoms with van der Waals surface area (Å²) in [6.45, 7) is 7.08. The van der Waals surface area contributed by atoms with Crippen LogP contribution in [0.15, 0.2) is 22.8 Å². The van der Waals surface area contributed by atoms with Crippen molar-refractivity contribution in [3.63, 3.8) is 0 Å². The monoisotopic (exact) mass is 412 g/mol. The minimum atomic E-state index is -0.595. The lowest BCUT2D eigenvalue weighted by molar-refractivity contribution is -0.119. The number of esters is 1. The van der Waals surface area contributed by atoms with Crippen molar-refractivity contribution in [3.8, 4) is 6.07 Å². The molecule has 3 aromatic rings. The summed E-state index contributed by atoms with van der Waals surface area (Å²) in [6, 6.07) is 5.71. The molecule has 0 aliphatic carbocycles. The fourth-order valence-electron chi connectivity index (χ4n) is 2.97. The van der Waals surface area contributed by atoms with Crippen molar-refractivity contribution in [1.82, 2.24) is 9.55 Å². The Morgan fingerprint density at radius 3 is 2.69 bits per heavy atom. The Hall–Kier alpha value is -3.38. The van der Waals surface area contributed by atoms with Crippen LogP contribution in [0.3, 0.4) is 0 Å². The zero-order valence-electron chi connectivity index (χ0n) is 16.5. The molecule has 1 N–H and O–H groups in total. The fourth-order valence-corrected chi connectivity index (χ4v) is 3.79. The zero-order chi connectivity index (χ0) is 21.1. The summed E-state index contributed by atoms with van der Waals surface area (Å²) in [5.74, 6) is -0.0932.